The molecule has 0 fully saturated rings. The van der Waals surface area contributed by atoms with E-state index in [2.05, 4.69) is 5.32 Å². The molecule has 0 heterocycles. The van der Waals surface area contributed by atoms with Crippen molar-refractivity contribution in [1.29, 1.82) is 0 Å². The number of carbonyl (C=O) groups excluding carboxylic acids is 1. The number of anilines is 1. The van der Waals surface area contributed by atoms with Gasteiger partial charge in [0.05, 0.1) is 11.7 Å². The van der Waals surface area contributed by atoms with Gasteiger partial charge >= 0.3 is 0 Å². The fourth-order valence-corrected chi connectivity index (χ4v) is 1.90. The van der Waals surface area contributed by atoms with E-state index >= 15 is 0 Å². The van der Waals surface area contributed by atoms with Crippen LogP contribution in [-0.4, -0.2) is 17.1 Å². The van der Waals surface area contributed by atoms with E-state index in [1.165, 1.54) is 0 Å². The van der Waals surface area contributed by atoms with E-state index in [1.54, 1.807) is 13.0 Å². The average Bonchev–Trinajstić information content (AvgIpc) is 2.24. The number of benzene rings is 1. The standard InChI is InChI=1S/C14H22N2O2/c1-8(2)5-11(15)14(18)16-12-7-9(3)6-10(4)13(12)17/h6-8,11,17H,5,15H2,1-4H3,(H,16,18). The van der Waals surface area contributed by atoms with Crippen molar-refractivity contribution >= 4 is 11.6 Å². The molecule has 1 aromatic rings. The van der Waals surface area contributed by atoms with Crippen LogP contribution < -0.4 is 11.1 Å². The number of amides is 1. The van der Waals surface area contributed by atoms with Crippen molar-refractivity contribution in [2.75, 3.05) is 5.32 Å². The van der Waals surface area contributed by atoms with Crippen LogP contribution in [0.5, 0.6) is 5.75 Å². The van der Waals surface area contributed by atoms with Crippen molar-refractivity contribution in [3.05, 3.63) is 23.3 Å². The quantitative estimate of drug-likeness (QED) is 0.718. The van der Waals surface area contributed by atoms with Crippen LogP contribution in [0.4, 0.5) is 5.69 Å². The second-order valence-electron chi connectivity index (χ2n) is 5.20. The van der Waals surface area contributed by atoms with Gasteiger partial charge in [0.15, 0.2) is 0 Å². The molecule has 4 N–H and O–H groups in total. The third-order valence-electron chi connectivity index (χ3n) is 2.76. The smallest absolute Gasteiger partial charge is 0.241 e. The van der Waals surface area contributed by atoms with Crippen molar-refractivity contribution in [2.45, 2.75) is 40.2 Å². The molecule has 0 spiro atoms. The number of nitrogens with one attached hydrogen (secondary N) is 1. The lowest BCUT2D eigenvalue weighted by Gasteiger charge is -2.16. The average molecular weight is 250 g/mol. The topological polar surface area (TPSA) is 75.3 Å². The number of rotatable bonds is 4. The molecule has 0 radical (unpaired) electrons. The first kappa shape index (κ1) is 14.5. The van der Waals surface area contributed by atoms with Gasteiger partial charge in [-0.2, -0.15) is 0 Å². The molecule has 1 aromatic carbocycles. The summed E-state index contributed by atoms with van der Waals surface area (Å²) in [6, 6.07) is 3.05. The van der Waals surface area contributed by atoms with E-state index in [9.17, 15) is 9.90 Å². The van der Waals surface area contributed by atoms with Crippen molar-refractivity contribution < 1.29 is 9.90 Å². The first-order valence-corrected chi connectivity index (χ1v) is 6.18. The van der Waals surface area contributed by atoms with Gasteiger partial charge in [0, 0.05) is 0 Å². The number of nitrogens with two attached hydrogens (primary N) is 1. The van der Waals surface area contributed by atoms with Gasteiger partial charge in [-0.15, -0.1) is 0 Å². The van der Waals surface area contributed by atoms with E-state index in [-0.39, 0.29) is 11.7 Å². The van der Waals surface area contributed by atoms with Crippen LogP contribution in [0.25, 0.3) is 0 Å². The molecule has 1 unspecified atom stereocenters. The van der Waals surface area contributed by atoms with Crippen LogP contribution in [0, 0.1) is 19.8 Å². The van der Waals surface area contributed by atoms with E-state index in [4.69, 9.17) is 5.73 Å². The highest BCUT2D eigenvalue weighted by Gasteiger charge is 2.17. The van der Waals surface area contributed by atoms with Gasteiger partial charge in [0.25, 0.3) is 0 Å². The lowest BCUT2D eigenvalue weighted by molar-refractivity contribution is -0.117. The molecule has 0 saturated heterocycles. The van der Waals surface area contributed by atoms with E-state index in [0.29, 0.717) is 18.0 Å². The highest BCUT2D eigenvalue weighted by Crippen LogP contribution is 2.28. The minimum atomic E-state index is -0.551. The summed E-state index contributed by atoms with van der Waals surface area (Å²) in [4.78, 5) is 11.9. The summed E-state index contributed by atoms with van der Waals surface area (Å²) in [6.45, 7) is 7.74. The Morgan fingerprint density at radius 3 is 2.56 bits per heavy atom. The SMILES string of the molecule is Cc1cc(C)c(O)c(NC(=O)C(N)CC(C)C)c1. The first-order chi connectivity index (χ1) is 8.31. The molecule has 0 aliphatic heterocycles. The highest BCUT2D eigenvalue weighted by molar-refractivity contribution is 5.96. The molecule has 1 atom stereocenters. The van der Waals surface area contributed by atoms with Crippen molar-refractivity contribution in [1.82, 2.24) is 0 Å². The van der Waals surface area contributed by atoms with Gasteiger partial charge in [-0.3, -0.25) is 4.79 Å². The minimum absolute atomic E-state index is 0.102. The van der Waals surface area contributed by atoms with Crippen LogP contribution in [0.2, 0.25) is 0 Å². The third kappa shape index (κ3) is 3.74. The molecule has 0 aromatic heterocycles. The van der Waals surface area contributed by atoms with Crippen molar-refractivity contribution in [3.8, 4) is 5.75 Å². The summed E-state index contributed by atoms with van der Waals surface area (Å²) in [5.74, 6) is 0.202. The van der Waals surface area contributed by atoms with Gasteiger partial charge in [0.1, 0.15) is 5.75 Å². The molecule has 4 nitrogen and oxygen atoms in total. The van der Waals surface area contributed by atoms with E-state index in [1.807, 2.05) is 26.8 Å². The number of hydrogen-bond acceptors (Lipinski definition) is 3. The Morgan fingerprint density at radius 1 is 1.39 bits per heavy atom. The number of aromatic hydroxyl groups is 1. The molecule has 18 heavy (non-hydrogen) atoms. The molecule has 0 bridgehead atoms. The number of phenols is 1. The molecule has 1 amide bonds. The lowest BCUT2D eigenvalue weighted by atomic mass is 10.0. The molecule has 4 heteroatoms. The zero-order valence-corrected chi connectivity index (χ0v) is 11.4. The first-order valence-electron chi connectivity index (χ1n) is 6.18. The van der Waals surface area contributed by atoms with Crippen molar-refractivity contribution in [3.63, 3.8) is 0 Å². The number of phenolic OH excluding ortho intramolecular Hbond substituents is 1. The predicted octanol–water partition coefficient (Wildman–Crippen LogP) is 2.32. The van der Waals surface area contributed by atoms with Gasteiger partial charge in [-0.1, -0.05) is 19.9 Å². The fourth-order valence-electron chi connectivity index (χ4n) is 1.90. The third-order valence-corrected chi connectivity index (χ3v) is 2.76. The molecule has 0 aliphatic carbocycles. The largest absolute Gasteiger partial charge is 0.505 e. The Kier molecular flexibility index (Phi) is 4.73. The molecular formula is C14H22N2O2. The van der Waals surface area contributed by atoms with Gasteiger partial charge in [-0.05, 0) is 43.4 Å². The molecular weight excluding hydrogens is 228 g/mol. The second kappa shape index (κ2) is 5.87. The van der Waals surface area contributed by atoms with Crippen LogP contribution in [0.3, 0.4) is 0 Å². The zero-order valence-electron chi connectivity index (χ0n) is 11.4. The number of carbonyl (C=O) groups is 1. The maximum Gasteiger partial charge on any atom is 0.241 e. The monoisotopic (exact) mass is 250 g/mol. The summed E-state index contributed by atoms with van der Waals surface area (Å²) in [7, 11) is 0. The molecule has 1 rings (SSSR count). The normalized spacial score (nSPS) is 12.6. The lowest BCUT2D eigenvalue weighted by Crippen LogP contribution is -2.36. The van der Waals surface area contributed by atoms with E-state index in [0.717, 1.165) is 11.1 Å². The Labute approximate surface area is 108 Å². The summed E-state index contributed by atoms with van der Waals surface area (Å²) in [6.07, 6.45) is 0.622. The number of hydrogen-bond donors (Lipinski definition) is 3. The van der Waals surface area contributed by atoms with E-state index < -0.39 is 6.04 Å². The highest BCUT2D eigenvalue weighted by atomic mass is 16.3. The van der Waals surface area contributed by atoms with Gasteiger partial charge in [0.2, 0.25) is 5.91 Å². The molecule has 0 aliphatic rings. The number of aryl methyl sites for hydroxylation is 2. The maximum atomic E-state index is 11.9. The van der Waals surface area contributed by atoms with Crippen LogP contribution in [-0.2, 0) is 4.79 Å². The van der Waals surface area contributed by atoms with Gasteiger partial charge < -0.3 is 16.2 Å². The summed E-state index contributed by atoms with van der Waals surface area (Å²) in [5, 5.41) is 12.6. The van der Waals surface area contributed by atoms with Crippen LogP contribution in [0.1, 0.15) is 31.4 Å². The molecule has 100 valence electrons. The second-order valence-corrected chi connectivity index (χ2v) is 5.20. The van der Waals surface area contributed by atoms with Crippen LogP contribution >= 0.6 is 0 Å². The van der Waals surface area contributed by atoms with Gasteiger partial charge in [-0.25, -0.2) is 0 Å². The predicted molar refractivity (Wildman–Crippen MR) is 73.6 cm³/mol. The fraction of sp³-hybridized carbons (Fsp3) is 0.500. The summed E-state index contributed by atoms with van der Waals surface area (Å²) >= 11 is 0. The minimum Gasteiger partial charge on any atom is -0.505 e. The Balaban J connectivity index is 2.82. The van der Waals surface area contributed by atoms with Crippen molar-refractivity contribution in [2.24, 2.45) is 11.7 Å². The summed E-state index contributed by atoms with van der Waals surface area (Å²) < 4.78 is 0. The molecule has 0 saturated carbocycles. The Bertz CT molecular complexity index is 442. The maximum absolute atomic E-state index is 11.9. The Hall–Kier alpha value is -1.55. The zero-order chi connectivity index (χ0) is 13.9. The Morgan fingerprint density at radius 2 is 2.00 bits per heavy atom. The summed E-state index contributed by atoms with van der Waals surface area (Å²) in [5.41, 5.74) is 7.95. The van der Waals surface area contributed by atoms with Crippen LogP contribution in [0.15, 0.2) is 12.1 Å².